The number of likely N-dealkylation sites (tertiary alicyclic amines) is 1. The molecule has 0 atom stereocenters. The molecule has 1 N–H and O–H groups in total. The Kier molecular flexibility index (Phi) is 7.94. The van der Waals surface area contributed by atoms with Gasteiger partial charge in [-0.05, 0) is 49.9 Å². The van der Waals surface area contributed by atoms with E-state index in [-0.39, 0.29) is 17.6 Å². The van der Waals surface area contributed by atoms with Gasteiger partial charge >= 0.3 is 0 Å². The molecule has 2 heterocycles. The van der Waals surface area contributed by atoms with Crippen molar-refractivity contribution < 1.29 is 14.3 Å². The van der Waals surface area contributed by atoms with Crippen molar-refractivity contribution in [2.24, 2.45) is 5.92 Å². The highest BCUT2D eigenvalue weighted by molar-refractivity contribution is 8.00. The van der Waals surface area contributed by atoms with Crippen molar-refractivity contribution >= 4 is 40.0 Å². The van der Waals surface area contributed by atoms with Crippen LogP contribution in [0.1, 0.15) is 26.7 Å². The minimum Gasteiger partial charge on any atom is -0.494 e. The summed E-state index contributed by atoms with van der Waals surface area (Å²) in [7, 11) is 0. The van der Waals surface area contributed by atoms with Crippen LogP contribution in [0.3, 0.4) is 0 Å². The van der Waals surface area contributed by atoms with Gasteiger partial charge in [-0.25, -0.2) is 4.98 Å². The second kappa shape index (κ2) is 10.6. The summed E-state index contributed by atoms with van der Waals surface area (Å²) in [5, 5.41) is 5.30. The normalized spacial score (nSPS) is 14.6. The van der Waals surface area contributed by atoms with Crippen molar-refractivity contribution in [3.8, 4) is 17.0 Å². The van der Waals surface area contributed by atoms with Gasteiger partial charge < -0.3 is 15.0 Å². The van der Waals surface area contributed by atoms with Gasteiger partial charge in [-0.3, -0.25) is 9.59 Å². The third kappa shape index (κ3) is 6.47. The van der Waals surface area contributed by atoms with E-state index in [1.54, 1.807) is 0 Å². The minimum absolute atomic E-state index is 0.127. The van der Waals surface area contributed by atoms with Gasteiger partial charge in [-0.2, -0.15) is 0 Å². The number of aromatic nitrogens is 1. The number of anilines is 1. The van der Waals surface area contributed by atoms with Crippen molar-refractivity contribution in [3.63, 3.8) is 0 Å². The zero-order valence-corrected chi connectivity index (χ0v) is 18.5. The molecular weight excluding hydrogens is 406 g/mol. The molecule has 6 nitrogen and oxygen atoms in total. The first-order valence-corrected chi connectivity index (χ1v) is 11.9. The lowest BCUT2D eigenvalue weighted by molar-refractivity contribution is -0.129. The average molecular weight is 434 g/mol. The van der Waals surface area contributed by atoms with Crippen molar-refractivity contribution in [3.05, 3.63) is 29.6 Å². The second-order valence-electron chi connectivity index (χ2n) is 7.10. The second-order valence-corrected chi connectivity index (χ2v) is 8.94. The van der Waals surface area contributed by atoms with Gasteiger partial charge in [0.2, 0.25) is 11.8 Å². The summed E-state index contributed by atoms with van der Waals surface area (Å²) in [6.45, 7) is 6.47. The lowest BCUT2D eigenvalue weighted by atomic mass is 9.99. The molecule has 29 heavy (non-hydrogen) atoms. The molecule has 1 saturated heterocycles. The first-order chi connectivity index (χ1) is 14.0. The Bertz CT molecular complexity index is 815. The molecule has 1 aromatic carbocycles. The topological polar surface area (TPSA) is 71.5 Å². The van der Waals surface area contributed by atoms with E-state index < -0.39 is 0 Å². The number of amides is 2. The number of nitrogens with zero attached hydrogens (tertiary/aromatic N) is 2. The molecule has 1 aliphatic heterocycles. The van der Waals surface area contributed by atoms with E-state index in [4.69, 9.17) is 4.74 Å². The molecule has 0 bridgehead atoms. The molecule has 2 amide bonds. The van der Waals surface area contributed by atoms with Gasteiger partial charge in [0.05, 0.1) is 23.8 Å². The van der Waals surface area contributed by atoms with E-state index in [0.717, 1.165) is 42.9 Å². The van der Waals surface area contributed by atoms with Crippen molar-refractivity contribution in [2.45, 2.75) is 26.7 Å². The molecule has 0 spiro atoms. The fraction of sp³-hybridized carbons (Fsp3) is 0.476. The summed E-state index contributed by atoms with van der Waals surface area (Å²) in [6.07, 6.45) is 2.13. The van der Waals surface area contributed by atoms with Crippen LogP contribution in [0.15, 0.2) is 29.6 Å². The molecule has 156 valence electrons. The summed E-state index contributed by atoms with van der Waals surface area (Å²) in [4.78, 5) is 30.8. The van der Waals surface area contributed by atoms with Crippen LogP contribution in [0.2, 0.25) is 0 Å². The van der Waals surface area contributed by atoms with Gasteiger partial charge in [0, 0.05) is 24.0 Å². The summed E-state index contributed by atoms with van der Waals surface area (Å²) in [5.74, 6) is 2.10. The highest BCUT2D eigenvalue weighted by Gasteiger charge is 2.20. The van der Waals surface area contributed by atoms with E-state index >= 15 is 0 Å². The predicted molar refractivity (Wildman–Crippen MR) is 120 cm³/mol. The fourth-order valence-corrected chi connectivity index (χ4v) is 4.54. The fourth-order valence-electron chi connectivity index (χ4n) is 3.09. The number of hydrogen-bond donors (Lipinski definition) is 1. The number of thioether (sulfide) groups is 1. The molecule has 0 saturated carbocycles. The monoisotopic (exact) mass is 433 g/mol. The largest absolute Gasteiger partial charge is 0.494 e. The third-order valence-corrected chi connectivity index (χ3v) is 6.48. The number of hydrogen-bond acceptors (Lipinski definition) is 6. The van der Waals surface area contributed by atoms with Crippen LogP contribution in [0.5, 0.6) is 5.75 Å². The Morgan fingerprint density at radius 2 is 1.97 bits per heavy atom. The number of nitrogens with one attached hydrogen (secondary N) is 1. The zero-order chi connectivity index (χ0) is 20.6. The summed E-state index contributed by atoms with van der Waals surface area (Å²) in [6, 6.07) is 7.73. The molecular formula is C21H27N3O3S2. The summed E-state index contributed by atoms with van der Waals surface area (Å²) < 4.78 is 5.45. The maximum Gasteiger partial charge on any atom is 0.236 e. The third-order valence-electron chi connectivity index (χ3n) is 4.81. The average Bonchev–Trinajstić information content (AvgIpc) is 3.17. The van der Waals surface area contributed by atoms with Crippen LogP contribution in [-0.2, 0) is 9.59 Å². The SMILES string of the molecule is CCOc1ccc(-c2csc(NC(=O)CSCC(=O)N3CCC(C)CC3)n2)cc1. The molecule has 1 fully saturated rings. The first-order valence-electron chi connectivity index (χ1n) is 9.89. The Hall–Kier alpha value is -2.06. The lowest BCUT2D eigenvalue weighted by Crippen LogP contribution is -2.39. The van der Waals surface area contributed by atoms with Gasteiger partial charge in [0.15, 0.2) is 5.13 Å². The highest BCUT2D eigenvalue weighted by Crippen LogP contribution is 2.26. The van der Waals surface area contributed by atoms with Crippen LogP contribution in [0, 0.1) is 5.92 Å². The number of benzene rings is 1. The summed E-state index contributed by atoms with van der Waals surface area (Å²) in [5.41, 5.74) is 1.79. The zero-order valence-electron chi connectivity index (χ0n) is 16.8. The number of thiazole rings is 1. The van der Waals surface area contributed by atoms with E-state index in [2.05, 4.69) is 17.2 Å². The number of piperidine rings is 1. The molecule has 3 rings (SSSR count). The van der Waals surface area contributed by atoms with Crippen molar-refractivity contribution in [1.82, 2.24) is 9.88 Å². The molecule has 2 aromatic rings. The number of rotatable bonds is 8. The van der Waals surface area contributed by atoms with Crippen LogP contribution >= 0.6 is 23.1 Å². The van der Waals surface area contributed by atoms with Crippen LogP contribution in [0.4, 0.5) is 5.13 Å². The molecule has 1 aliphatic rings. The Morgan fingerprint density at radius 3 is 2.66 bits per heavy atom. The Labute approximate surface area is 180 Å². The smallest absolute Gasteiger partial charge is 0.236 e. The van der Waals surface area contributed by atoms with Gasteiger partial charge in [-0.1, -0.05) is 6.92 Å². The van der Waals surface area contributed by atoms with E-state index in [1.165, 1.54) is 23.1 Å². The quantitative estimate of drug-likeness (QED) is 0.677. The molecule has 8 heteroatoms. The van der Waals surface area contributed by atoms with Crippen molar-refractivity contribution in [1.29, 1.82) is 0 Å². The van der Waals surface area contributed by atoms with Gasteiger partial charge in [-0.15, -0.1) is 23.1 Å². The summed E-state index contributed by atoms with van der Waals surface area (Å²) >= 11 is 2.74. The standard InChI is InChI=1S/C21H27N3O3S2/c1-3-27-17-6-4-16(5-7-17)18-12-29-21(22-18)23-19(25)13-28-14-20(26)24-10-8-15(2)9-11-24/h4-7,12,15H,3,8-11,13-14H2,1-2H3,(H,22,23,25). The van der Waals surface area contributed by atoms with E-state index in [1.807, 2.05) is 41.5 Å². The van der Waals surface area contributed by atoms with E-state index in [0.29, 0.717) is 23.4 Å². The highest BCUT2D eigenvalue weighted by atomic mass is 32.2. The maximum absolute atomic E-state index is 12.2. The van der Waals surface area contributed by atoms with E-state index in [9.17, 15) is 9.59 Å². The number of carbonyl (C=O) groups is 2. The minimum atomic E-state index is -0.136. The Balaban J connectivity index is 1.42. The van der Waals surface area contributed by atoms with Gasteiger partial charge in [0.25, 0.3) is 0 Å². The molecule has 1 aromatic heterocycles. The van der Waals surface area contributed by atoms with Crippen LogP contribution in [-0.4, -0.2) is 52.9 Å². The van der Waals surface area contributed by atoms with Crippen molar-refractivity contribution in [2.75, 3.05) is 36.5 Å². The predicted octanol–water partition coefficient (Wildman–Crippen LogP) is 4.14. The molecule has 0 aliphatic carbocycles. The van der Waals surface area contributed by atoms with Gasteiger partial charge in [0.1, 0.15) is 5.75 Å². The molecule has 0 radical (unpaired) electrons. The molecule has 0 unspecified atom stereocenters. The lowest BCUT2D eigenvalue weighted by Gasteiger charge is -2.30. The number of carbonyl (C=O) groups excluding carboxylic acids is 2. The Morgan fingerprint density at radius 1 is 1.24 bits per heavy atom. The first kappa shape index (κ1) is 21.6. The van der Waals surface area contributed by atoms with Crippen LogP contribution in [0.25, 0.3) is 11.3 Å². The maximum atomic E-state index is 12.2. The van der Waals surface area contributed by atoms with Crippen LogP contribution < -0.4 is 10.1 Å². The number of ether oxygens (including phenoxy) is 1.